The Morgan fingerprint density at radius 2 is 1.79 bits per heavy atom. The van der Waals surface area contributed by atoms with Crippen LogP contribution in [0.4, 0.5) is 0 Å². The van der Waals surface area contributed by atoms with Gasteiger partial charge in [-0.25, -0.2) is 0 Å². The van der Waals surface area contributed by atoms with Crippen LogP contribution in [0.25, 0.3) is 0 Å². The van der Waals surface area contributed by atoms with E-state index in [0.29, 0.717) is 31.5 Å². The number of halogens is 1. The van der Waals surface area contributed by atoms with Crippen LogP contribution >= 0.6 is 22.6 Å². The summed E-state index contributed by atoms with van der Waals surface area (Å²) in [5.41, 5.74) is 0.636. The van der Waals surface area contributed by atoms with E-state index in [4.69, 9.17) is 9.47 Å². The maximum Gasteiger partial charge on any atom is 0.171 e. The van der Waals surface area contributed by atoms with Crippen molar-refractivity contribution in [2.45, 2.75) is 89.6 Å². The van der Waals surface area contributed by atoms with Crippen LogP contribution in [-0.4, -0.2) is 45.3 Å². The Labute approximate surface area is 188 Å². The van der Waals surface area contributed by atoms with E-state index in [0.717, 1.165) is 49.4 Å². The average Bonchev–Trinajstić information content (AvgIpc) is 2.99. The highest BCUT2D eigenvalue weighted by molar-refractivity contribution is 14.1. The molecule has 4 fully saturated rings. The van der Waals surface area contributed by atoms with Gasteiger partial charge in [-0.15, -0.1) is 0 Å². The van der Waals surface area contributed by atoms with Crippen LogP contribution in [0, 0.1) is 28.1 Å². The third-order valence-electron chi connectivity index (χ3n) is 9.49. The second-order valence-corrected chi connectivity index (χ2v) is 12.6. The van der Waals surface area contributed by atoms with Crippen LogP contribution in [0.3, 0.4) is 0 Å². The predicted molar refractivity (Wildman–Crippen MR) is 121 cm³/mol. The summed E-state index contributed by atoms with van der Waals surface area (Å²) in [7, 11) is 0. The predicted octanol–water partition coefficient (Wildman–Crippen LogP) is 4.61. The van der Waals surface area contributed by atoms with E-state index < -0.39 is 11.4 Å². The largest absolute Gasteiger partial charge is 0.393 e. The molecule has 0 unspecified atom stereocenters. The van der Waals surface area contributed by atoms with Crippen molar-refractivity contribution in [1.82, 2.24) is 0 Å². The normalized spacial score (nSPS) is 50.4. The van der Waals surface area contributed by atoms with Crippen LogP contribution < -0.4 is 0 Å². The molecule has 0 bridgehead atoms. The summed E-state index contributed by atoms with van der Waals surface area (Å²) in [6.07, 6.45) is 9.49. The Morgan fingerprint density at radius 1 is 1.07 bits per heavy atom. The van der Waals surface area contributed by atoms with Gasteiger partial charge in [0.05, 0.1) is 24.9 Å². The smallest absolute Gasteiger partial charge is 0.171 e. The second kappa shape index (κ2) is 6.66. The van der Waals surface area contributed by atoms with Gasteiger partial charge >= 0.3 is 0 Å². The molecule has 0 amide bonds. The molecule has 6 atom stereocenters. The maximum absolute atomic E-state index is 12.1. The molecule has 1 spiro atoms. The number of alkyl halides is 1. The topological polar surface area (TPSA) is 58.9 Å². The van der Waals surface area contributed by atoms with Crippen LogP contribution in [0.1, 0.15) is 72.1 Å². The Bertz CT molecular complexity index is 710. The minimum atomic E-state index is -0.763. The molecule has 5 heteroatoms. The first-order valence-corrected chi connectivity index (χ1v) is 13.1. The molecule has 1 heterocycles. The third kappa shape index (κ3) is 2.89. The minimum absolute atomic E-state index is 0.0210. The van der Waals surface area contributed by atoms with Gasteiger partial charge in [0.1, 0.15) is 0 Å². The van der Waals surface area contributed by atoms with Crippen molar-refractivity contribution in [3.05, 3.63) is 11.6 Å². The number of rotatable bonds is 1. The standard InChI is InChI=1S/C24H37IO4/c1-20(2)14-28-24(29-15-20)11-10-22(13-25)18-7-8-21(3)17(4-5-19(21)26)16(18)6-9-23(22,27)12-24/h7,16-17,19,26-27H,4-6,8-15H2,1-3H3/t16-,17-,19-,21-,22-,23+/m0/s1. The molecule has 0 aromatic carbocycles. The summed E-state index contributed by atoms with van der Waals surface area (Å²) in [5, 5.41) is 22.8. The quantitative estimate of drug-likeness (QED) is 0.304. The van der Waals surface area contributed by atoms with Crippen molar-refractivity contribution in [3.8, 4) is 0 Å². The number of allylic oxidation sites excluding steroid dienone is 1. The first kappa shape index (κ1) is 21.2. The lowest BCUT2D eigenvalue weighted by molar-refractivity contribution is -0.342. The highest BCUT2D eigenvalue weighted by Gasteiger charge is 2.66. The second-order valence-electron chi connectivity index (χ2n) is 11.8. The number of aliphatic hydroxyl groups excluding tert-OH is 1. The van der Waals surface area contributed by atoms with Gasteiger partial charge in [0.2, 0.25) is 0 Å². The summed E-state index contributed by atoms with van der Waals surface area (Å²) in [5.74, 6) is 0.461. The van der Waals surface area contributed by atoms with E-state index in [-0.39, 0.29) is 22.3 Å². The van der Waals surface area contributed by atoms with Crippen molar-refractivity contribution < 1.29 is 19.7 Å². The molecule has 0 aromatic heterocycles. The van der Waals surface area contributed by atoms with Gasteiger partial charge in [0.15, 0.2) is 5.79 Å². The molecule has 2 N–H and O–H groups in total. The Hall–Kier alpha value is 0.310. The molecule has 1 aliphatic heterocycles. The first-order valence-electron chi connectivity index (χ1n) is 11.5. The van der Waals surface area contributed by atoms with Gasteiger partial charge in [-0.3, -0.25) is 0 Å². The van der Waals surface area contributed by atoms with Crippen LogP contribution in [0.5, 0.6) is 0 Å². The molecule has 0 aromatic rings. The zero-order valence-corrected chi connectivity index (χ0v) is 20.3. The summed E-state index contributed by atoms with van der Waals surface area (Å²) < 4.78 is 13.6. The van der Waals surface area contributed by atoms with Gasteiger partial charge in [0.25, 0.3) is 0 Å². The molecule has 0 radical (unpaired) electrons. The highest BCUT2D eigenvalue weighted by Crippen LogP contribution is 2.67. The summed E-state index contributed by atoms with van der Waals surface area (Å²) >= 11 is 2.51. The number of ether oxygens (including phenoxy) is 2. The van der Waals surface area contributed by atoms with Crippen molar-refractivity contribution in [2.75, 3.05) is 17.6 Å². The number of hydrogen-bond donors (Lipinski definition) is 2. The lowest BCUT2D eigenvalue weighted by Gasteiger charge is -2.63. The minimum Gasteiger partial charge on any atom is -0.393 e. The molecule has 29 heavy (non-hydrogen) atoms. The van der Waals surface area contributed by atoms with E-state index in [9.17, 15) is 10.2 Å². The number of hydrogen-bond acceptors (Lipinski definition) is 4. The SMILES string of the molecule is CC1(C)COC2(CC[C@]3(CI)C4=CC[C@]5(C)[C@@H](O)CC[C@H]5[C@@H]4CC[C@@]3(O)C2)OC1. The summed E-state index contributed by atoms with van der Waals surface area (Å²) in [6.45, 7) is 8.05. The average molecular weight is 516 g/mol. The van der Waals surface area contributed by atoms with E-state index >= 15 is 0 Å². The van der Waals surface area contributed by atoms with E-state index in [2.05, 4.69) is 49.4 Å². The van der Waals surface area contributed by atoms with E-state index in [1.54, 1.807) is 0 Å². The molecule has 1 saturated heterocycles. The summed E-state index contributed by atoms with van der Waals surface area (Å²) in [6, 6.07) is 0. The van der Waals surface area contributed by atoms with Crippen molar-refractivity contribution >= 4 is 22.6 Å². The van der Waals surface area contributed by atoms with Gasteiger partial charge in [-0.05, 0) is 50.4 Å². The molecule has 5 rings (SSSR count). The first-order chi connectivity index (χ1) is 13.6. The number of aliphatic hydroxyl groups is 2. The van der Waals surface area contributed by atoms with Crippen molar-refractivity contribution in [1.29, 1.82) is 0 Å². The Balaban J connectivity index is 1.47. The third-order valence-corrected chi connectivity index (χ3v) is 10.8. The van der Waals surface area contributed by atoms with Gasteiger partial charge < -0.3 is 19.7 Å². The maximum atomic E-state index is 12.1. The lowest BCUT2D eigenvalue weighted by Crippen LogP contribution is -2.66. The van der Waals surface area contributed by atoms with Gasteiger partial charge in [-0.2, -0.15) is 0 Å². The van der Waals surface area contributed by atoms with Crippen molar-refractivity contribution in [3.63, 3.8) is 0 Å². The zero-order chi connectivity index (χ0) is 20.7. The molecular weight excluding hydrogens is 479 g/mol. The lowest BCUT2D eigenvalue weighted by atomic mass is 9.47. The molecule has 164 valence electrons. The summed E-state index contributed by atoms with van der Waals surface area (Å²) in [4.78, 5) is 0. The van der Waals surface area contributed by atoms with Crippen molar-refractivity contribution in [2.24, 2.45) is 28.1 Å². The fraction of sp³-hybridized carbons (Fsp3) is 0.917. The molecular formula is C24H37IO4. The van der Waals surface area contributed by atoms with Gasteiger partial charge in [-0.1, -0.05) is 55.0 Å². The Kier molecular flexibility index (Phi) is 4.86. The van der Waals surface area contributed by atoms with Gasteiger partial charge in [0, 0.05) is 33.5 Å². The highest BCUT2D eigenvalue weighted by atomic mass is 127. The molecule has 4 aliphatic carbocycles. The Morgan fingerprint density at radius 3 is 2.48 bits per heavy atom. The van der Waals surface area contributed by atoms with Crippen LogP contribution in [0.15, 0.2) is 11.6 Å². The monoisotopic (exact) mass is 516 g/mol. The van der Waals surface area contributed by atoms with Crippen LogP contribution in [-0.2, 0) is 9.47 Å². The van der Waals surface area contributed by atoms with E-state index in [1.807, 2.05) is 0 Å². The van der Waals surface area contributed by atoms with E-state index in [1.165, 1.54) is 5.57 Å². The number of fused-ring (bicyclic) bond motifs is 5. The fourth-order valence-electron chi connectivity index (χ4n) is 7.52. The molecule has 3 saturated carbocycles. The molecule has 4 nitrogen and oxygen atoms in total. The van der Waals surface area contributed by atoms with Crippen LogP contribution in [0.2, 0.25) is 0 Å². The zero-order valence-electron chi connectivity index (χ0n) is 18.2. The molecule has 5 aliphatic rings. The fourth-order valence-corrected chi connectivity index (χ4v) is 9.06.